The van der Waals surface area contributed by atoms with Crippen LogP contribution in [0.1, 0.15) is 0 Å². The third-order valence-electron chi connectivity index (χ3n) is 6.84. The molecule has 0 aliphatic carbocycles. The molecule has 6 rings (SSSR count). The van der Waals surface area contributed by atoms with Crippen LogP contribution in [0, 0.1) is 0 Å². The maximum Gasteiger partial charge on any atom is 0.411 e. The number of rotatable bonds is 10. The van der Waals surface area contributed by atoms with Gasteiger partial charge < -0.3 is 18.5 Å². The molecular formula is C33H27O8P3. The maximum atomic E-state index is 15.2. The second-order valence-electron chi connectivity index (χ2n) is 9.74. The third kappa shape index (κ3) is 5.71. The zero-order valence-corrected chi connectivity index (χ0v) is 25.9. The smallest absolute Gasteiger partial charge is 0.411 e. The highest BCUT2D eigenvalue weighted by Gasteiger charge is 2.42. The quantitative estimate of drug-likeness (QED) is 0.128. The summed E-state index contributed by atoms with van der Waals surface area (Å²) < 4.78 is 66.4. The van der Waals surface area contributed by atoms with Gasteiger partial charge in [0.2, 0.25) is 0 Å². The molecule has 5 aromatic rings. The summed E-state index contributed by atoms with van der Waals surface area (Å²) in [6.07, 6.45) is 1.45. The molecule has 1 heterocycles. The van der Waals surface area contributed by atoms with Crippen LogP contribution < -0.4 is 34.8 Å². The van der Waals surface area contributed by atoms with Crippen molar-refractivity contribution in [2.24, 2.45) is 0 Å². The van der Waals surface area contributed by atoms with Crippen LogP contribution >= 0.6 is 22.6 Å². The molecule has 1 aliphatic rings. The molecule has 0 saturated carbocycles. The molecule has 5 aromatic carbocycles. The van der Waals surface area contributed by atoms with Gasteiger partial charge in [-0.3, -0.25) is 9.09 Å². The number of benzene rings is 5. The minimum Gasteiger partial charge on any atom is -0.436 e. The molecular weight excluding hydrogens is 617 g/mol. The molecule has 0 saturated heterocycles. The van der Waals surface area contributed by atoms with E-state index in [2.05, 4.69) is 6.58 Å². The highest BCUT2D eigenvalue weighted by atomic mass is 31.2. The van der Waals surface area contributed by atoms with Crippen LogP contribution in [0.3, 0.4) is 0 Å². The number of para-hydroxylation sites is 1. The maximum absolute atomic E-state index is 15.2. The highest BCUT2D eigenvalue weighted by molar-refractivity contribution is 7.75. The van der Waals surface area contributed by atoms with Crippen molar-refractivity contribution in [3.05, 3.63) is 140 Å². The predicted molar refractivity (Wildman–Crippen MR) is 173 cm³/mol. The molecule has 1 N–H and O–H groups in total. The summed E-state index contributed by atoms with van der Waals surface area (Å²) in [5.74, 6) is 0.226. The minimum atomic E-state index is -4.45. The fourth-order valence-electron chi connectivity index (χ4n) is 4.81. The van der Waals surface area contributed by atoms with E-state index in [0.717, 1.165) is 5.56 Å². The Hall–Kier alpha value is -4.15. The van der Waals surface area contributed by atoms with Crippen molar-refractivity contribution in [3.63, 3.8) is 0 Å². The van der Waals surface area contributed by atoms with Gasteiger partial charge in [0, 0.05) is 5.56 Å². The van der Waals surface area contributed by atoms with E-state index in [1.807, 2.05) is 24.3 Å². The Morgan fingerprint density at radius 2 is 1.34 bits per heavy atom. The topological polar surface area (TPSA) is 108 Å². The number of fused-ring (bicyclic) bond motifs is 3. The average Bonchev–Trinajstić information content (AvgIpc) is 3.05. The molecule has 0 radical (unpaired) electrons. The zero-order valence-electron chi connectivity index (χ0n) is 23.3. The van der Waals surface area contributed by atoms with Gasteiger partial charge in [-0.25, -0.2) is 9.13 Å². The first kappa shape index (κ1) is 29.9. The van der Waals surface area contributed by atoms with E-state index < -0.39 is 22.6 Å². The van der Waals surface area contributed by atoms with Gasteiger partial charge >= 0.3 is 22.6 Å². The van der Waals surface area contributed by atoms with Crippen molar-refractivity contribution in [3.8, 4) is 28.4 Å². The van der Waals surface area contributed by atoms with Crippen LogP contribution in [-0.2, 0) is 18.2 Å². The minimum absolute atomic E-state index is 0.0197. The second kappa shape index (κ2) is 12.1. The molecule has 0 amide bonds. The lowest BCUT2D eigenvalue weighted by molar-refractivity contribution is 0.303. The van der Waals surface area contributed by atoms with E-state index in [-0.39, 0.29) is 28.7 Å². The molecule has 222 valence electrons. The van der Waals surface area contributed by atoms with E-state index in [1.54, 1.807) is 72.8 Å². The van der Waals surface area contributed by atoms with Crippen LogP contribution in [0.15, 0.2) is 140 Å². The standard InChI is InChI=1S/C33H27O8P3/c1-2-23-38-44(37,27-15-7-4-8-16-27)39-25-21-22-31(41-43(35,36)26-13-5-3-6-14-26)33(24-25)42(34)32-20-12-10-18-29(32)28-17-9-11-19-30(28)40-42/h2-22,24H,1,23H2,(H,35,36). The van der Waals surface area contributed by atoms with Crippen molar-refractivity contribution in [2.45, 2.75) is 0 Å². The summed E-state index contributed by atoms with van der Waals surface area (Å²) in [7, 11) is -12.5. The highest BCUT2D eigenvalue weighted by Crippen LogP contribution is 2.57. The van der Waals surface area contributed by atoms with Gasteiger partial charge in [0.15, 0.2) is 0 Å². The Kier molecular flexibility index (Phi) is 8.22. The van der Waals surface area contributed by atoms with Crippen molar-refractivity contribution in [2.75, 3.05) is 6.61 Å². The van der Waals surface area contributed by atoms with E-state index in [1.165, 1.54) is 36.4 Å². The summed E-state index contributed by atoms with van der Waals surface area (Å²) >= 11 is 0. The molecule has 3 unspecified atom stereocenters. The SMILES string of the molecule is C=CCOP(=O)(Oc1ccc(OP(=O)(O)c2ccccc2)c(P2(=O)Oc3ccccc3-c3ccccc32)c1)c1ccccc1. The first-order valence-electron chi connectivity index (χ1n) is 13.6. The summed E-state index contributed by atoms with van der Waals surface area (Å²) in [5, 5.41) is 0.659. The van der Waals surface area contributed by atoms with E-state index in [0.29, 0.717) is 21.9 Å². The average molecular weight is 644 g/mol. The van der Waals surface area contributed by atoms with Gasteiger partial charge in [-0.2, -0.15) is 0 Å². The van der Waals surface area contributed by atoms with Gasteiger partial charge in [0.25, 0.3) is 0 Å². The lowest BCUT2D eigenvalue weighted by Crippen LogP contribution is -2.27. The lowest BCUT2D eigenvalue weighted by Gasteiger charge is -2.30. The summed E-state index contributed by atoms with van der Waals surface area (Å²) in [4.78, 5) is 11.0. The zero-order chi connectivity index (χ0) is 30.8. The van der Waals surface area contributed by atoms with E-state index in [9.17, 15) is 14.0 Å². The molecule has 0 bridgehead atoms. The Bertz CT molecular complexity index is 1980. The van der Waals surface area contributed by atoms with Crippen molar-refractivity contribution < 1.29 is 36.7 Å². The molecule has 0 spiro atoms. The van der Waals surface area contributed by atoms with Crippen LogP contribution in [0.5, 0.6) is 17.2 Å². The monoisotopic (exact) mass is 644 g/mol. The number of hydrogen-bond acceptors (Lipinski definition) is 7. The Balaban J connectivity index is 1.52. The predicted octanol–water partition coefficient (Wildman–Crippen LogP) is 6.96. The Morgan fingerprint density at radius 3 is 2.05 bits per heavy atom. The summed E-state index contributed by atoms with van der Waals surface area (Å²) in [6, 6.07) is 34.7. The first-order chi connectivity index (χ1) is 21.2. The van der Waals surface area contributed by atoms with E-state index >= 15 is 4.57 Å². The fourth-order valence-corrected chi connectivity index (χ4v) is 9.89. The Morgan fingerprint density at radius 1 is 0.727 bits per heavy atom. The van der Waals surface area contributed by atoms with Crippen molar-refractivity contribution >= 4 is 43.8 Å². The lowest BCUT2D eigenvalue weighted by atomic mass is 10.0. The van der Waals surface area contributed by atoms with Crippen molar-refractivity contribution in [1.82, 2.24) is 0 Å². The van der Waals surface area contributed by atoms with Gasteiger partial charge in [0.1, 0.15) is 17.2 Å². The van der Waals surface area contributed by atoms with Crippen LogP contribution in [0.4, 0.5) is 0 Å². The largest absolute Gasteiger partial charge is 0.436 e. The van der Waals surface area contributed by atoms with Crippen LogP contribution in [0.2, 0.25) is 0 Å². The molecule has 44 heavy (non-hydrogen) atoms. The molecule has 8 nitrogen and oxygen atoms in total. The van der Waals surface area contributed by atoms with Gasteiger partial charge in [0.05, 0.1) is 27.8 Å². The van der Waals surface area contributed by atoms with Gasteiger partial charge in [-0.15, -0.1) is 6.58 Å². The molecule has 11 heteroatoms. The molecule has 0 fully saturated rings. The van der Waals surface area contributed by atoms with E-state index in [4.69, 9.17) is 18.1 Å². The second-order valence-corrected chi connectivity index (χ2v) is 15.7. The molecule has 1 aliphatic heterocycles. The summed E-state index contributed by atoms with van der Waals surface area (Å²) in [5.41, 5.74) is 1.42. The summed E-state index contributed by atoms with van der Waals surface area (Å²) in [6.45, 7) is 3.58. The normalized spacial score (nSPS) is 17.9. The number of hydrogen-bond donors (Lipinski definition) is 1. The van der Waals surface area contributed by atoms with Gasteiger partial charge in [-0.1, -0.05) is 78.9 Å². The third-order valence-corrected chi connectivity index (χ3v) is 12.6. The van der Waals surface area contributed by atoms with Crippen LogP contribution in [-0.4, -0.2) is 11.5 Å². The molecule has 0 aromatic heterocycles. The van der Waals surface area contributed by atoms with Gasteiger partial charge in [-0.05, 0) is 60.2 Å². The first-order valence-corrected chi connectivity index (χ1v) is 18.3. The fraction of sp³-hybridized carbons (Fsp3) is 0.0303. The van der Waals surface area contributed by atoms with Crippen molar-refractivity contribution in [1.29, 1.82) is 0 Å². The van der Waals surface area contributed by atoms with Crippen LogP contribution in [0.25, 0.3) is 11.1 Å². The Labute approximate surface area is 255 Å². The molecule has 3 atom stereocenters.